The van der Waals surface area contributed by atoms with Crippen molar-refractivity contribution >= 4 is 90.9 Å². The van der Waals surface area contributed by atoms with Crippen LogP contribution in [0.15, 0.2) is 102 Å². The summed E-state index contributed by atoms with van der Waals surface area (Å²) in [5.41, 5.74) is 8.95. The maximum absolute atomic E-state index is 12.9. The Morgan fingerprint density at radius 2 is 1.28 bits per heavy atom. The minimum absolute atomic E-state index is 0.0638. The molecule has 67 heavy (non-hydrogen) atoms. The average Bonchev–Trinajstić information content (AvgIpc) is 4.17. The van der Waals surface area contributed by atoms with Gasteiger partial charge in [-0.25, -0.2) is 4.98 Å². The van der Waals surface area contributed by atoms with E-state index in [1.807, 2.05) is 54.6 Å². The van der Waals surface area contributed by atoms with Gasteiger partial charge in [-0.15, -0.1) is 0 Å². The van der Waals surface area contributed by atoms with Crippen LogP contribution in [0.4, 0.5) is 22.3 Å². The second-order valence-electron chi connectivity index (χ2n) is 15.5. The molecule has 0 saturated carbocycles. The van der Waals surface area contributed by atoms with E-state index in [4.69, 9.17) is 46.8 Å². The third kappa shape index (κ3) is 18.8. The van der Waals surface area contributed by atoms with Crippen LogP contribution in [0.5, 0.6) is 23.0 Å². The van der Waals surface area contributed by atoms with Crippen molar-refractivity contribution in [1.29, 1.82) is 0 Å². The van der Waals surface area contributed by atoms with Gasteiger partial charge in [0, 0.05) is 47.4 Å². The predicted octanol–water partition coefficient (Wildman–Crippen LogP) is 10.2. The SMILES string of the molecule is CC(=O)O.COc1cccc(C(=O)CBr)c1.COc1cccc(C(=O)c2sc(Nc3ccc(OC[C@@H](C)N4CCCC4)cc3)nc2N)c1.C[C@H](COc1ccc(N=CC=S)cc1)N1CCCC1. The number of hydrogen-bond acceptors (Lipinski definition) is 15. The van der Waals surface area contributed by atoms with E-state index in [1.54, 1.807) is 62.9 Å². The second kappa shape index (κ2) is 29.1. The third-order valence-corrected chi connectivity index (χ3v) is 12.1. The number of ketones is 2. The van der Waals surface area contributed by atoms with Gasteiger partial charge in [-0.3, -0.25) is 29.2 Å². The molecule has 0 unspecified atom stereocenters. The van der Waals surface area contributed by atoms with Crippen molar-refractivity contribution < 1.29 is 38.4 Å². The number of aliphatic imine (C=N–C) groups is 1. The van der Waals surface area contributed by atoms with Gasteiger partial charge >= 0.3 is 0 Å². The lowest BCUT2D eigenvalue weighted by atomic mass is 10.1. The molecule has 0 radical (unpaired) electrons. The van der Waals surface area contributed by atoms with Crippen molar-refractivity contribution in [2.45, 2.75) is 58.5 Å². The molecule has 17 heteroatoms. The molecular weight excluding hydrogens is 957 g/mol. The number of carboxylic acid groups (broad SMARTS) is 1. The van der Waals surface area contributed by atoms with Crippen molar-refractivity contribution in [3.63, 3.8) is 0 Å². The lowest BCUT2D eigenvalue weighted by molar-refractivity contribution is -0.134. The van der Waals surface area contributed by atoms with E-state index in [2.05, 4.69) is 54.9 Å². The predicted molar refractivity (Wildman–Crippen MR) is 277 cm³/mol. The summed E-state index contributed by atoms with van der Waals surface area (Å²) in [6, 6.07) is 30.5. The van der Waals surface area contributed by atoms with E-state index >= 15 is 0 Å². The van der Waals surface area contributed by atoms with Crippen LogP contribution in [0.25, 0.3) is 0 Å². The zero-order valence-corrected chi connectivity index (χ0v) is 41.9. The van der Waals surface area contributed by atoms with Gasteiger partial charge in [0.25, 0.3) is 5.97 Å². The molecule has 2 fully saturated rings. The summed E-state index contributed by atoms with van der Waals surface area (Å²) >= 11 is 9.03. The van der Waals surface area contributed by atoms with Crippen molar-refractivity contribution in [1.82, 2.24) is 14.8 Å². The van der Waals surface area contributed by atoms with Crippen LogP contribution >= 0.6 is 39.5 Å². The summed E-state index contributed by atoms with van der Waals surface area (Å²) in [7, 11) is 3.15. The number of carboxylic acids is 1. The monoisotopic (exact) mass is 1020 g/mol. The number of thiocarbonyl (C=S) groups is 1. The van der Waals surface area contributed by atoms with Crippen molar-refractivity contribution in [3.05, 3.63) is 113 Å². The summed E-state index contributed by atoms with van der Waals surface area (Å²) in [4.78, 5) is 46.9. The number of alkyl halides is 1. The van der Waals surface area contributed by atoms with E-state index < -0.39 is 5.97 Å². The van der Waals surface area contributed by atoms with Crippen LogP contribution < -0.4 is 30.0 Å². The smallest absolute Gasteiger partial charge is 0.300 e. The van der Waals surface area contributed by atoms with Gasteiger partial charge in [0.2, 0.25) is 5.78 Å². The number of likely N-dealkylation sites (tertiary alicyclic amines) is 2. The molecule has 0 bridgehead atoms. The third-order valence-electron chi connectivity index (χ3n) is 10.4. The largest absolute Gasteiger partial charge is 0.497 e. The fraction of sp³-hybridized carbons (Fsp3) is 0.360. The zero-order chi connectivity index (χ0) is 48.6. The lowest BCUT2D eigenvalue weighted by Crippen LogP contribution is -2.34. The second-order valence-corrected chi connectivity index (χ2v) is 17.3. The Bertz CT molecular complexity index is 2330. The van der Waals surface area contributed by atoms with Gasteiger partial charge in [0.05, 0.1) is 25.2 Å². The van der Waals surface area contributed by atoms with E-state index in [9.17, 15) is 9.59 Å². The number of carbonyl (C=O) groups excluding carboxylic acids is 2. The standard InChI is InChI=1S/C24H28N4O3S.C15H20N2OS.C9H9BrO2.C2H4O2/c1-16(28-12-3-4-13-28)15-31-19-10-8-18(9-11-19)26-24-27-23(25)22(32-24)21(29)17-6-5-7-20(14-17)30-2;1-13(17-9-2-3-10-17)12-18-15-6-4-14(5-7-15)16-8-11-19;1-12-8-4-2-3-7(5-8)9(11)6-10;1-2(3)4/h5-11,14,16H,3-4,12-13,15,25H2,1-2H3,(H,26,27);4-8,11,13H,2-3,9-10,12H2,1H3;2-5H,6H2,1H3;1H3,(H,3,4)/t16-;13-;;/m11../s1. The number of anilines is 3. The fourth-order valence-corrected chi connectivity index (χ4v) is 8.08. The summed E-state index contributed by atoms with van der Waals surface area (Å²) in [6.07, 6.45) is 6.80. The Labute approximate surface area is 411 Å². The van der Waals surface area contributed by atoms with Crippen LogP contribution in [-0.4, -0.2) is 120 Å². The van der Waals surface area contributed by atoms with Gasteiger partial charge in [-0.1, -0.05) is 63.8 Å². The van der Waals surface area contributed by atoms with Gasteiger partial charge in [-0.05, 0) is 139 Å². The molecule has 7 rings (SSSR count). The number of aromatic nitrogens is 1. The molecule has 2 atom stereocenters. The number of benzene rings is 4. The molecule has 0 amide bonds. The Balaban J connectivity index is 0.000000236. The minimum atomic E-state index is -0.833. The van der Waals surface area contributed by atoms with Gasteiger partial charge in [0.1, 0.15) is 46.9 Å². The van der Waals surface area contributed by atoms with Crippen molar-refractivity contribution in [2.24, 2.45) is 4.99 Å². The first-order valence-electron chi connectivity index (χ1n) is 21.9. The number of nitrogens with zero attached hydrogens (tertiary/aromatic N) is 4. The number of carbonyl (C=O) groups is 3. The summed E-state index contributed by atoms with van der Waals surface area (Å²) in [6.45, 7) is 11.7. The Morgan fingerprint density at radius 1 is 0.806 bits per heavy atom. The molecule has 14 nitrogen and oxygen atoms in total. The number of methoxy groups -OCH3 is 2. The molecule has 3 heterocycles. The van der Waals surface area contributed by atoms with Crippen LogP contribution in [0.3, 0.4) is 0 Å². The molecule has 2 aliphatic heterocycles. The van der Waals surface area contributed by atoms with Crippen molar-refractivity contribution in [2.75, 3.05) is 70.0 Å². The number of aliphatic carboxylic acids is 1. The number of ether oxygens (including phenoxy) is 4. The van der Waals surface area contributed by atoms with E-state index in [-0.39, 0.29) is 17.4 Å². The Morgan fingerprint density at radius 3 is 1.76 bits per heavy atom. The van der Waals surface area contributed by atoms with E-state index in [0.29, 0.717) is 56.7 Å². The topological polar surface area (TPSA) is 178 Å². The maximum Gasteiger partial charge on any atom is 0.300 e. The van der Waals surface area contributed by atoms with Crippen LogP contribution in [0.1, 0.15) is 72.0 Å². The molecule has 1 aromatic heterocycles. The zero-order valence-electron chi connectivity index (χ0n) is 38.7. The first-order chi connectivity index (χ1) is 32.3. The van der Waals surface area contributed by atoms with Crippen LogP contribution in [0.2, 0.25) is 0 Å². The Kier molecular flexibility index (Phi) is 23.4. The van der Waals surface area contributed by atoms with Crippen LogP contribution in [0, 0.1) is 0 Å². The normalized spacial score (nSPS) is 14.2. The summed E-state index contributed by atoms with van der Waals surface area (Å²) < 4.78 is 22.0. The number of nitrogens with two attached hydrogens (primary N) is 1. The van der Waals surface area contributed by atoms with E-state index in [0.717, 1.165) is 49.5 Å². The average molecular weight is 1020 g/mol. The summed E-state index contributed by atoms with van der Waals surface area (Å²) in [5.74, 6) is 2.32. The Hall–Kier alpha value is -5.72. The maximum atomic E-state index is 12.9. The number of rotatable bonds is 18. The quantitative estimate of drug-likeness (QED) is 0.0327. The molecular formula is C50H61BrN6O8S2. The molecule has 4 aromatic carbocycles. The molecule has 358 valence electrons. The highest BCUT2D eigenvalue weighted by atomic mass is 79.9. The van der Waals surface area contributed by atoms with E-state index in [1.165, 1.54) is 55.5 Å². The van der Waals surface area contributed by atoms with Gasteiger partial charge in [-0.2, -0.15) is 0 Å². The molecule has 0 aliphatic carbocycles. The number of nitrogen functional groups attached to an aromatic ring is 1. The summed E-state index contributed by atoms with van der Waals surface area (Å²) in [5, 5.41) is 13.0. The van der Waals surface area contributed by atoms with Gasteiger partial charge < -0.3 is 35.1 Å². The molecule has 5 aromatic rings. The number of halogens is 1. The number of Topliss-reactive ketones (excluding diaryl/α,β-unsaturated/α-hetero) is 1. The molecule has 4 N–H and O–H groups in total. The van der Waals surface area contributed by atoms with Crippen molar-refractivity contribution in [3.8, 4) is 23.0 Å². The first-order valence-corrected chi connectivity index (χ1v) is 24.3. The molecule has 2 aliphatic rings. The molecule has 0 spiro atoms. The lowest BCUT2D eigenvalue weighted by Gasteiger charge is -2.23. The minimum Gasteiger partial charge on any atom is -0.497 e. The van der Waals surface area contributed by atoms with Gasteiger partial charge in [0.15, 0.2) is 10.9 Å². The van der Waals surface area contributed by atoms with Crippen LogP contribution in [-0.2, 0) is 4.79 Å². The first kappa shape index (κ1) is 53.9. The number of hydrogen-bond donors (Lipinski definition) is 3. The highest BCUT2D eigenvalue weighted by Gasteiger charge is 2.21. The molecule has 2 saturated heterocycles. The highest BCUT2D eigenvalue weighted by Crippen LogP contribution is 2.31. The number of thiazole rings is 1. The fourth-order valence-electron chi connectivity index (χ4n) is 6.83. The number of nitrogens with one attached hydrogen (secondary N) is 1. The highest BCUT2D eigenvalue weighted by molar-refractivity contribution is 9.09.